The van der Waals surface area contributed by atoms with E-state index in [1.807, 2.05) is 36.4 Å². The van der Waals surface area contributed by atoms with E-state index >= 15 is 0 Å². The average molecular weight is 524 g/mol. The number of benzene rings is 4. The van der Waals surface area contributed by atoms with Crippen molar-refractivity contribution in [1.82, 2.24) is 0 Å². The van der Waals surface area contributed by atoms with Crippen LogP contribution in [0.15, 0.2) is 84.9 Å². The summed E-state index contributed by atoms with van der Waals surface area (Å²) in [5, 5.41) is 0. The van der Waals surface area contributed by atoms with E-state index < -0.39 is 17.4 Å². The van der Waals surface area contributed by atoms with Crippen molar-refractivity contribution in [3.8, 4) is 22.3 Å². The molecule has 0 saturated carbocycles. The molecule has 184 valence electrons. The fourth-order valence-corrected chi connectivity index (χ4v) is 11.4. The zero-order valence-corrected chi connectivity index (χ0v) is 22.6. The van der Waals surface area contributed by atoms with E-state index in [-0.39, 0.29) is 24.8 Å². The molecule has 4 aromatic rings. The Hall–Kier alpha value is -3.47. The second-order valence-corrected chi connectivity index (χ2v) is 13.8. The molecule has 0 fully saturated rings. The molecular weight excluding hydrogens is 496 g/mol. The minimum absolute atomic E-state index is 0.209. The maximum atomic E-state index is 13.1. The van der Waals surface area contributed by atoms with Crippen molar-refractivity contribution in [2.45, 2.75) is 39.5 Å². The molecule has 5 heteroatoms. The maximum absolute atomic E-state index is 13.1. The number of hydrogen-bond acceptors (Lipinski definition) is 4. The van der Waals surface area contributed by atoms with Crippen LogP contribution in [0, 0.1) is 0 Å². The van der Waals surface area contributed by atoms with Crippen LogP contribution in [0.3, 0.4) is 0 Å². The average Bonchev–Trinajstić information content (AvgIpc) is 3.50. The Balaban J connectivity index is 1.64. The first-order valence-electron chi connectivity index (χ1n) is 12.9. The third-order valence-corrected chi connectivity index (χ3v) is 12.8. The standard InChI is InChI=1S/2C13H9.2C3H6O2.Ti/c2*1-3-7-12-10(5-1)9-11-6-2-4-8-13(11)12;2*1-2-3(4)5;/h2*1-5,7-8H,9H2;2*2H2,1H3,(H,4,5);/q;;;;+2/p-2. The van der Waals surface area contributed by atoms with Gasteiger partial charge in [0.25, 0.3) is 0 Å². The van der Waals surface area contributed by atoms with Gasteiger partial charge in [-0.25, -0.2) is 0 Å². The van der Waals surface area contributed by atoms with Crippen molar-refractivity contribution < 1.29 is 33.6 Å². The van der Waals surface area contributed by atoms with E-state index in [2.05, 4.69) is 48.5 Å². The molecule has 37 heavy (non-hydrogen) atoms. The molecule has 0 atom stereocenters. The fourth-order valence-electron chi connectivity index (χ4n) is 5.78. The topological polar surface area (TPSA) is 52.6 Å². The van der Waals surface area contributed by atoms with Crippen LogP contribution in [0.25, 0.3) is 22.3 Å². The van der Waals surface area contributed by atoms with Gasteiger partial charge in [0.05, 0.1) is 0 Å². The van der Waals surface area contributed by atoms with Gasteiger partial charge in [0.2, 0.25) is 0 Å². The van der Waals surface area contributed by atoms with Crippen LogP contribution in [-0.4, -0.2) is 11.9 Å². The van der Waals surface area contributed by atoms with E-state index in [1.165, 1.54) is 22.3 Å². The van der Waals surface area contributed by atoms with Crippen molar-refractivity contribution >= 4 is 19.7 Å². The Kier molecular flexibility index (Phi) is 6.10. The molecule has 0 spiro atoms. The van der Waals surface area contributed by atoms with Gasteiger partial charge in [0.1, 0.15) is 0 Å². The van der Waals surface area contributed by atoms with E-state index in [0.717, 1.165) is 42.8 Å². The Morgan fingerprint density at radius 3 is 1.43 bits per heavy atom. The van der Waals surface area contributed by atoms with Crippen LogP contribution in [0.5, 0.6) is 0 Å². The molecule has 2 aliphatic carbocycles. The Bertz CT molecular complexity index is 1440. The Morgan fingerprint density at radius 2 is 1.00 bits per heavy atom. The van der Waals surface area contributed by atoms with Crippen molar-refractivity contribution in [2.24, 2.45) is 0 Å². The quantitative estimate of drug-likeness (QED) is 0.264. The Labute approximate surface area is 221 Å². The third kappa shape index (κ3) is 3.87. The van der Waals surface area contributed by atoms with E-state index in [1.54, 1.807) is 13.8 Å². The predicted octanol–water partition coefficient (Wildman–Crippen LogP) is 5.67. The summed E-state index contributed by atoms with van der Waals surface area (Å²) in [6.45, 7) is 3.57. The molecule has 0 saturated heterocycles. The molecule has 0 heterocycles. The van der Waals surface area contributed by atoms with Crippen LogP contribution >= 0.6 is 0 Å². The molecule has 0 aromatic heterocycles. The number of carbonyl (C=O) groups excluding carboxylic acids is 2. The summed E-state index contributed by atoms with van der Waals surface area (Å²) in [6, 6.07) is 29.0. The van der Waals surface area contributed by atoms with E-state index in [0.29, 0.717) is 0 Å². The molecule has 0 bridgehead atoms. The molecule has 4 nitrogen and oxygen atoms in total. The van der Waals surface area contributed by atoms with Crippen molar-refractivity contribution in [1.29, 1.82) is 0 Å². The summed E-state index contributed by atoms with van der Waals surface area (Å²) in [5.74, 6) is -0.685. The summed E-state index contributed by atoms with van der Waals surface area (Å²) in [5.41, 5.74) is 9.29. The first kappa shape index (κ1) is 23.9. The van der Waals surface area contributed by atoms with Crippen LogP contribution in [0.2, 0.25) is 0 Å². The fraction of sp³-hybridized carbons (Fsp3) is 0.188. The predicted molar refractivity (Wildman–Crippen MR) is 141 cm³/mol. The molecule has 0 amide bonds. The minimum atomic E-state index is -4.55. The zero-order valence-electron chi connectivity index (χ0n) is 21.0. The first-order valence-corrected chi connectivity index (χ1v) is 15.7. The van der Waals surface area contributed by atoms with Crippen molar-refractivity contribution in [3.63, 3.8) is 0 Å². The second-order valence-electron chi connectivity index (χ2n) is 9.60. The number of rotatable bonds is 6. The number of fused-ring (bicyclic) bond motifs is 6. The SMILES string of the molecule is CCC(=O)[O][Ti]([O]C(=O)CC)([c]1cccc2c1Cc1ccccc1-2)[c]1cccc2c1Cc1ccccc1-2. The van der Waals surface area contributed by atoms with E-state index in [4.69, 9.17) is 6.64 Å². The second kappa shape index (κ2) is 9.44. The molecule has 0 radical (unpaired) electrons. The van der Waals surface area contributed by atoms with E-state index in [9.17, 15) is 9.59 Å². The number of carbonyl (C=O) groups is 2. The molecule has 0 aliphatic heterocycles. The van der Waals surface area contributed by atoms with Crippen LogP contribution < -0.4 is 7.74 Å². The van der Waals surface area contributed by atoms with Gasteiger partial charge >= 0.3 is 222 Å². The Morgan fingerprint density at radius 1 is 0.595 bits per heavy atom. The number of hydrogen-bond donors (Lipinski definition) is 0. The molecule has 0 N–H and O–H groups in total. The summed E-state index contributed by atoms with van der Waals surface area (Å²) in [7, 11) is 0. The molecule has 0 unspecified atom stereocenters. The third-order valence-electron chi connectivity index (χ3n) is 7.50. The van der Waals surface area contributed by atoms with Gasteiger partial charge in [0, 0.05) is 0 Å². The monoisotopic (exact) mass is 524 g/mol. The summed E-state index contributed by atoms with van der Waals surface area (Å²) in [6.07, 6.45) is 1.86. The summed E-state index contributed by atoms with van der Waals surface area (Å²) < 4.78 is 14.8. The van der Waals surface area contributed by atoms with Gasteiger partial charge in [-0.15, -0.1) is 0 Å². The van der Waals surface area contributed by atoms with Crippen molar-refractivity contribution in [2.75, 3.05) is 0 Å². The zero-order chi connectivity index (χ0) is 25.6. The van der Waals surface area contributed by atoms with Gasteiger partial charge < -0.3 is 0 Å². The molecule has 6 rings (SSSR count). The molecular formula is C32H28O4Ti. The summed E-state index contributed by atoms with van der Waals surface area (Å²) in [4.78, 5) is 26.2. The van der Waals surface area contributed by atoms with Gasteiger partial charge in [-0.2, -0.15) is 0 Å². The molecule has 4 aromatic carbocycles. The van der Waals surface area contributed by atoms with Gasteiger partial charge in [-0.1, -0.05) is 0 Å². The van der Waals surface area contributed by atoms with Crippen LogP contribution in [0.1, 0.15) is 48.9 Å². The molecule has 2 aliphatic rings. The van der Waals surface area contributed by atoms with Gasteiger partial charge in [-0.05, 0) is 0 Å². The first-order chi connectivity index (χ1) is 18.1. The van der Waals surface area contributed by atoms with Crippen LogP contribution in [0.4, 0.5) is 0 Å². The summed E-state index contributed by atoms with van der Waals surface area (Å²) >= 11 is -4.55. The normalized spacial score (nSPS) is 12.8. The van der Waals surface area contributed by atoms with Gasteiger partial charge in [0.15, 0.2) is 0 Å². The van der Waals surface area contributed by atoms with Crippen molar-refractivity contribution in [3.05, 3.63) is 107 Å². The van der Waals surface area contributed by atoms with Gasteiger partial charge in [-0.3, -0.25) is 0 Å². The van der Waals surface area contributed by atoms with Crippen LogP contribution in [-0.2, 0) is 46.4 Å².